The predicted octanol–water partition coefficient (Wildman–Crippen LogP) is 7.78. The average Bonchev–Trinajstić information content (AvgIpc) is 3.52. The van der Waals surface area contributed by atoms with E-state index in [0.29, 0.717) is 37.2 Å². The summed E-state index contributed by atoms with van der Waals surface area (Å²) in [6.45, 7) is 7.32. The molecule has 5 aromatic rings. The van der Waals surface area contributed by atoms with E-state index in [2.05, 4.69) is 52.7 Å². The van der Waals surface area contributed by atoms with Crippen LogP contribution < -0.4 is 4.74 Å². The Labute approximate surface area is 257 Å². The zero-order valence-electron chi connectivity index (χ0n) is 25.3. The molecular weight excluding hydrogens is 554 g/mol. The number of carbonyl (C=O) groups is 1. The van der Waals surface area contributed by atoms with Gasteiger partial charge < -0.3 is 23.5 Å². The number of nitrogens with zero attached hydrogens (tertiary/aromatic N) is 3. The van der Waals surface area contributed by atoms with Crippen molar-refractivity contribution in [1.29, 1.82) is 0 Å². The lowest BCUT2D eigenvalue weighted by atomic mass is 9.87. The molecule has 1 amide bonds. The topological polar surface area (TPSA) is 86.9 Å². The Kier molecular flexibility index (Phi) is 8.61. The first-order valence-corrected chi connectivity index (χ1v) is 15.0. The first-order chi connectivity index (χ1) is 21.3. The molecule has 6 rings (SSSR count). The maximum Gasteiger partial charge on any atom is 0.410 e. The third-order valence-electron chi connectivity index (χ3n) is 7.65. The van der Waals surface area contributed by atoms with Crippen LogP contribution in [0.3, 0.4) is 0 Å². The van der Waals surface area contributed by atoms with Crippen LogP contribution in [-0.4, -0.2) is 46.0 Å². The van der Waals surface area contributed by atoms with Crippen LogP contribution in [0.2, 0.25) is 0 Å². The van der Waals surface area contributed by atoms with Crippen molar-refractivity contribution in [3.05, 3.63) is 114 Å². The van der Waals surface area contributed by atoms with Gasteiger partial charge in [0.2, 0.25) is 5.89 Å². The smallest absolute Gasteiger partial charge is 0.410 e. The molecule has 2 heterocycles. The van der Waals surface area contributed by atoms with Gasteiger partial charge in [0.1, 0.15) is 11.4 Å². The molecule has 2 unspecified atom stereocenters. The third-order valence-corrected chi connectivity index (χ3v) is 7.65. The van der Waals surface area contributed by atoms with Crippen LogP contribution in [0.25, 0.3) is 22.2 Å². The van der Waals surface area contributed by atoms with E-state index in [0.717, 1.165) is 23.1 Å². The van der Waals surface area contributed by atoms with Crippen LogP contribution in [0.5, 0.6) is 5.75 Å². The highest BCUT2D eigenvalue weighted by Crippen LogP contribution is 2.33. The van der Waals surface area contributed by atoms with Gasteiger partial charge in [0.05, 0.1) is 19.3 Å². The van der Waals surface area contributed by atoms with Gasteiger partial charge in [0, 0.05) is 18.0 Å². The van der Waals surface area contributed by atoms with Crippen molar-refractivity contribution in [2.45, 2.75) is 58.0 Å². The second-order valence-electron chi connectivity index (χ2n) is 12.1. The van der Waals surface area contributed by atoms with Crippen LogP contribution in [-0.2, 0) is 22.7 Å². The molecule has 1 saturated heterocycles. The zero-order chi connectivity index (χ0) is 30.5. The first-order valence-electron chi connectivity index (χ1n) is 15.0. The highest BCUT2D eigenvalue weighted by molar-refractivity contribution is 5.82. The number of hydrogen-bond donors (Lipinski definition) is 0. The summed E-state index contributed by atoms with van der Waals surface area (Å²) in [5.41, 5.74) is 2.53. The number of benzene rings is 4. The number of piperidine rings is 1. The van der Waals surface area contributed by atoms with E-state index < -0.39 is 5.60 Å². The van der Waals surface area contributed by atoms with Gasteiger partial charge in [-0.15, -0.1) is 10.2 Å². The summed E-state index contributed by atoms with van der Waals surface area (Å²) in [4.78, 5) is 14.7. The Balaban J connectivity index is 1.13. The third kappa shape index (κ3) is 7.26. The molecule has 0 N–H and O–H groups in total. The van der Waals surface area contributed by atoms with Gasteiger partial charge in [-0.05, 0) is 79.4 Å². The summed E-state index contributed by atoms with van der Waals surface area (Å²) >= 11 is 0. The molecule has 0 spiro atoms. The van der Waals surface area contributed by atoms with E-state index in [1.807, 2.05) is 75.4 Å². The predicted molar refractivity (Wildman–Crippen MR) is 168 cm³/mol. The van der Waals surface area contributed by atoms with E-state index >= 15 is 0 Å². The standard InChI is InChI=1S/C36H37N3O5/c1-36(2,3)44-35(40)39-20-19-31(32(22-39)42-23-25-13-14-26-9-7-8-12-29(26)21-25)27-15-17-30(18-16-27)41-24-33-37-38-34(43-33)28-10-5-4-6-11-28/h4-18,21,31-32H,19-20,22-24H2,1-3H3. The molecule has 1 aliphatic rings. The van der Waals surface area contributed by atoms with Crippen LogP contribution in [0, 0.1) is 0 Å². The van der Waals surface area contributed by atoms with Crippen molar-refractivity contribution >= 4 is 16.9 Å². The summed E-state index contributed by atoms with van der Waals surface area (Å²) in [7, 11) is 0. The summed E-state index contributed by atoms with van der Waals surface area (Å²) in [5.74, 6) is 1.68. The van der Waals surface area contributed by atoms with Crippen molar-refractivity contribution < 1.29 is 23.4 Å². The van der Waals surface area contributed by atoms with Gasteiger partial charge in [0.15, 0.2) is 6.61 Å². The molecule has 0 aliphatic carbocycles. The van der Waals surface area contributed by atoms with Crippen LogP contribution in [0.1, 0.15) is 50.1 Å². The van der Waals surface area contributed by atoms with Crippen molar-refractivity contribution in [2.75, 3.05) is 13.1 Å². The fraction of sp³-hybridized carbons (Fsp3) is 0.306. The lowest BCUT2D eigenvalue weighted by Crippen LogP contribution is -2.48. The van der Waals surface area contributed by atoms with Gasteiger partial charge in [-0.3, -0.25) is 0 Å². The quantitative estimate of drug-likeness (QED) is 0.182. The molecule has 1 fully saturated rings. The van der Waals surface area contributed by atoms with E-state index in [4.69, 9.17) is 18.6 Å². The van der Waals surface area contributed by atoms with Gasteiger partial charge in [0.25, 0.3) is 5.89 Å². The second-order valence-corrected chi connectivity index (χ2v) is 12.1. The number of hydrogen-bond acceptors (Lipinski definition) is 7. The summed E-state index contributed by atoms with van der Waals surface area (Å²) in [5, 5.41) is 10.6. The van der Waals surface area contributed by atoms with Gasteiger partial charge in [-0.25, -0.2) is 4.79 Å². The Morgan fingerprint density at radius 1 is 0.886 bits per heavy atom. The number of amides is 1. The maximum atomic E-state index is 13.0. The normalized spacial score (nSPS) is 17.0. The van der Waals surface area contributed by atoms with Crippen molar-refractivity contribution in [3.8, 4) is 17.2 Å². The number of fused-ring (bicyclic) bond motifs is 1. The van der Waals surface area contributed by atoms with Gasteiger partial charge >= 0.3 is 6.09 Å². The number of carbonyl (C=O) groups excluding carboxylic acids is 1. The highest BCUT2D eigenvalue weighted by Gasteiger charge is 2.35. The molecule has 8 heteroatoms. The van der Waals surface area contributed by atoms with Crippen molar-refractivity contribution in [3.63, 3.8) is 0 Å². The molecule has 226 valence electrons. The van der Waals surface area contributed by atoms with E-state index in [1.54, 1.807) is 4.90 Å². The Bertz CT molecular complexity index is 1690. The van der Waals surface area contributed by atoms with Crippen LogP contribution in [0.15, 0.2) is 101 Å². The molecule has 0 radical (unpaired) electrons. The number of aromatic nitrogens is 2. The summed E-state index contributed by atoms with van der Waals surface area (Å²) in [6.07, 6.45) is 0.242. The number of ether oxygens (including phenoxy) is 3. The fourth-order valence-corrected chi connectivity index (χ4v) is 5.46. The lowest BCUT2D eigenvalue weighted by Gasteiger charge is -2.39. The summed E-state index contributed by atoms with van der Waals surface area (Å²) < 4.78 is 24.0. The van der Waals surface area contributed by atoms with E-state index in [-0.39, 0.29) is 24.7 Å². The van der Waals surface area contributed by atoms with E-state index in [9.17, 15) is 4.79 Å². The largest absolute Gasteiger partial charge is 0.484 e. The minimum absolute atomic E-state index is 0.104. The number of rotatable bonds is 8. The SMILES string of the molecule is CC(C)(C)OC(=O)N1CCC(c2ccc(OCc3nnc(-c4ccccc4)o3)cc2)C(OCc2ccc3ccccc3c2)C1. The first kappa shape index (κ1) is 29.4. The molecule has 44 heavy (non-hydrogen) atoms. The molecular formula is C36H37N3O5. The number of likely N-dealkylation sites (tertiary alicyclic amines) is 1. The molecule has 2 atom stereocenters. The molecule has 0 saturated carbocycles. The van der Waals surface area contributed by atoms with Gasteiger partial charge in [-0.2, -0.15) is 0 Å². The minimum atomic E-state index is -0.560. The monoisotopic (exact) mass is 591 g/mol. The summed E-state index contributed by atoms with van der Waals surface area (Å²) in [6, 6.07) is 32.4. The second kappa shape index (κ2) is 12.9. The van der Waals surface area contributed by atoms with Crippen LogP contribution in [0.4, 0.5) is 4.79 Å². The minimum Gasteiger partial charge on any atom is -0.484 e. The van der Waals surface area contributed by atoms with Crippen molar-refractivity contribution in [1.82, 2.24) is 15.1 Å². The fourth-order valence-electron chi connectivity index (χ4n) is 5.46. The zero-order valence-corrected chi connectivity index (χ0v) is 25.3. The van der Waals surface area contributed by atoms with Crippen LogP contribution >= 0.6 is 0 Å². The van der Waals surface area contributed by atoms with E-state index in [1.165, 1.54) is 10.8 Å². The molecule has 4 aromatic carbocycles. The molecule has 1 aliphatic heterocycles. The molecule has 0 bridgehead atoms. The molecule has 8 nitrogen and oxygen atoms in total. The Hall–Kier alpha value is -4.69. The Morgan fingerprint density at radius 2 is 1.64 bits per heavy atom. The lowest BCUT2D eigenvalue weighted by molar-refractivity contribution is -0.0359. The highest BCUT2D eigenvalue weighted by atomic mass is 16.6. The maximum absolute atomic E-state index is 13.0. The molecule has 1 aromatic heterocycles. The average molecular weight is 592 g/mol. The van der Waals surface area contributed by atoms with Gasteiger partial charge in [-0.1, -0.05) is 66.7 Å². The Morgan fingerprint density at radius 3 is 2.41 bits per heavy atom. The van der Waals surface area contributed by atoms with Crippen molar-refractivity contribution in [2.24, 2.45) is 0 Å².